The van der Waals surface area contributed by atoms with Crippen LogP contribution in [0.5, 0.6) is 5.75 Å². The lowest BCUT2D eigenvalue weighted by atomic mass is 9.63. The molecule has 2 bridgehead atoms. The summed E-state index contributed by atoms with van der Waals surface area (Å²) >= 11 is 6.44. The van der Waals surface area contributed by atoms with E-state index in [0.29, 0.717) is 51.3 Å². The van der Waals surface area contributed by atoms with Gasteiger partial charge in [-0.05, 0) is 125 Å². The molecule has 1 amide bonds. The number of nitrogens with one attached hydrogen (secondary N) is 1. The molecular formula is C37H52ClN3O6S. The molecule has 1 fully saturated rings. The lowest BCUT2D eigenvalue weighted by Crippen LogP contribution is -2.55. The summed E-state index contributed by atoms with van der Waals surface area (Å²) < 4.78 is 41.9. The summed E-state index contributed by atoms with van der Waals surface area (Å²) in [5.74, 6) is 0.0826. The molecule has 0 saturated heterocycles. The number of rotatable bonds is 5. The maximum atomic E-state index is 13.5. The Morgan fingerprint density at radius 1 is 1.10 bits per heavy atom. The average molecular weight is 702 g/mol. The lowest BCUT2D eigenvalue weighted by Gasteiger charge is -2.50. The van der Waals surface area contributed by atoms with Crippen molar-refractivity contribution in [3.63, 3.8) is 0 Å². The van der Waals surface area contributed by atoms with Crippen molar-refractivity contribution in [2.75, 3.05) is 58.5 Å². The average Bonchev–Trinajstić information content (AvgIpc) is 3.17. The topological polar surface area (TPSA) is 108 Å². The monoisotopic (exact) mass is 701 g/mol. The van der Waals surface area contributed by atoms with E-state index in [-0.39, 0.29) is 35.3 Å². The first-order valence-electron chi connectivity index (χ1n) is 17.6. The first-order chi connectivity index (χ1) is 22.8. The number of halogens is 1. The van der Waals surface area contributed by atoms with Crippen molar-refractivity contribution >= 4 is 33.2 Å². The molecule has 6 atom stereocenters. The van der Waals surface area contributed by atoms with Crippen LogP contribution in [0.2, 0.25) is 5.02 Å². The second-order valence-corrected chi connectivity index (χ2v) is 17.7. The summed E-state index contributed by atoms with van der Waals surface area (Å²) in [7, 11) is 0.0644. The Morgan fingerprint density at radius 3 is 2.67 bits per heavy atom. The van der Waals surface area contributed by atoms with Crippen LogP contribution in [0.4, 0.5) is 5.69 Å². The predicted octanol–water partition coefficient (Wildman–Crippen LogP) is 5.42. The van der Waals surface area contributed by atoms with Crippen molar-refractivity contribution in [2.24, 2.45) is 17.8 Å². The summed E-state index contributed by atoms with van der Waals surface area (Å²) in [4.78, 5) is 17.9. The van der Waals surface area contributed by atoms with Gasteiger partial charge in [-0.15, -0.1) is 0 Å². The molecule has 2 aromatic carbocycles. The van der Waals surface area contributed by atoms with Crippen molar-refractivity contribution < 1.29 is 27.8 Å². The summed E-state index contributed by atoms with van der Waals surface area (Å²) in [6.45, 7) is 6.95. The van der Waals surface area contributed by atoms with Gasteiger partial charge >= 0.3 is 0 Å². The number of aliphatic hydroxyl groups is 1. The smallest absolute Gasteiger partial charge is 0.264 e. The Labute approximate surface area is 291 Å². The van der Waals surface area contributed by atoms with Crippen molar-refractivity contribution in [1.29, 1.82) is 0 Å². The molecule has 2 aromatic rings. The highest BCUT2D eigenvalue weighted by atomic mass is 35.5. The van der Waals surface area contributed by atoms with Crippen LogP contribution in [0.3, 0.4) is 0 Å². The van der Waals surface area contributed by atoms with Gasteiger partial charge in [-0.2, -0.15) is 0 Å². The van der Waals surface area contributed by atoms with E-state index in [1.807, 2.05) is 27.1 Å². The van der Waals surface area contributed by atoms with Gasteiger partial charge in [0, 0.05) is 35.6 Å². The Morgan fingerprint density at radius 2 is 1.92 bits per heavy atom. The Bertz CT molecular complexity index is 1600. The fourth-order valence-corrected chi connectivity index (χ4v) is 9.95. The summed E-state index contributed by atoms with van der Waals surface area (Å²) in [5, 5.41) is 12.3. The molecule has 48 heavy (non-hydrogen) atoms. The molecule has 1 spiro atoms. The summed E-state index contributed by atoms with van der Waals surface area (Å²) in [6, 6.07) is 11.4. The van der Waals surface area contributed by atoms with Crippen LogP contribution in [0.25, 0.3) is 0 Å². The molecule has 2 heterocycles. The van der Waals surface area contributed by atoms with Crippen LogP contribution >= 0.6 is 11.6 Å². The molecule has 2 aliphatic carbocycles. The number of amides is 1. The third-order valence-electron chi connectivity index (χ3n) is 11.7. The van der Waals surface area contributed by atoms with Crippen molar-refractivity contribution in [2.45, 2.75) is 81.5 Å². The van der Waals surface area contributed by atoms with Crippen LogP contribution in [0, 0.1) is 17.8 Å². The largest absolute Gasteiger partial charge is 0.490 e. The third-order valence-corrected chi connectivity index (χ3v) is 13.8. The number of hydrogen-bond donors (Lipinski definition) is 2. The minimum atomic E-state index is -3.95. The van der Waals surface area contributed by atoms with Gasteiger partial charge in [0.2, 0.25) is 10.0 Å². The number of likely N-dealkylation sites (N-methyl/N-ethyl adjacent to an activating group) is 1. The van der Waals surface area contributed by atoms with E-state index in [1.54, 1.807) is 25.1 Å². The molecule has 0 unspecified atom stereocenters. The van der Waals surface area contributed by atoms with Crippen LogP contribution in [0.1, 0.15) is 80.3 Å². The molecule has 6 rings (SSSR count). The van der Waals surface area contributed by atoms with E-state index in [9.17, 15) is 18.3 Å². The molecular weight excluding hydrogens is 650 g/mol. The zero-order valence-corrected chi connectivity index (χ0v) is 30.4. The summed E-state index contributed by atoms with van der Waals surface area (Å²) in [5.41, 5.74) is 2.24. The first-order valence-corrected chi connectivity index (χ1v) is 19.5. The standard InChI is InChI=1S/C37H52ClN3O6S/c1-25-7-5-16-37(43,24-46-18-17-40(3)4)32-12-9-29(32)21-41-22-36(15-6-8-27-19-30(38)11-13-31(27)36)23-47-34-14-10-28(20-33(34)41)35(42)39-48(44,45)26(25)2/h10-11,13-14,19-20,25-26,29,32,43H,5-9,12,15-18,21-24H2,1-4H3,(H,39,42)/t25-,26+,29-,32+,36-,37-/m0/s1. The number of fused-ring (bicyclic) bond motifs is 4. The van der Waals surface area contributed by atoms with Gasteiger partial charge < -0.3 is 24.4 Å². The predicted molar refractivity (Wildman–Crippen MR) is 190 cm³/mol. The minimum Gasteiger partial charge on any atom is -0.490 e. The zero-order valence-electron chi connectivity index (χ0n) is 28.8. The van der Waals surface area contributed by atoms with E-state index < -0.39 is 26.8 Å². The second kappa shape index (κ2) is 14.1. The van der Waals surface area contributed by atoms with E-state index in [4.69, 9.17) is 21.1 Å². The number of benzene rings is 2. The lowest BCUT2D eigenvalue weighted by molar-refractivity contribution is -0.133. The normalized spacial score (nSPS) is 32.0. The molecule has 1 saturated carbocycles. The summed E-state index contributed by atoms with van der Waals surface area (Å²) in [6.07, 6.45) is 6.63. The van der Waals surface area contributed by atoms with E-state index in [2.05, 4.69) is 26.7 Å². The van der Waals surface area contributed by atoms with Crippen molar-refractivity contribution in [3.8, 4) is 5.75 Å². The molecule has 264 valence electrons. The van der Waals surface area contributed by atoms with Crippen LogP contribution < -0.4 is 14.4 Å². The Balaban J connectivity index is 1.39. The first kappa shape index (κ1) is 35.5. The maximum absolute atomic E-state index is 13.5. The van der Waals surface area contributed by atoms with Crippen molar-refractivity contribution in [3.05, 3.63) is 58.1 Å². The number of nitrogens with zero attached hydrogens (tertiary/aromatic N) is 2. The molecule has 4 aliphatic rings. The van der Waals surface area contributed by atoms with Gasteiger partial charge in [0.15, 0.2) is 0 Å². The van der Waals surface area contributed by atoms with Gasteiger partial charge in [0.1, 0.15) is 5.75 Å². The van der Waals surface area contributed by atoms with Crippen LogP contribution in [-0.4, -0.2) is 88.7 Å². The Kier molecular flexibility index (Phi) is 10.4. The maximum Gasteiger partial charge on any atom is 0.264 e. The van der Waals surface area contributed by atoms with E-state index in [0.717, 1.165) is 49.4 Å². The highest BCUT2D eigenvalue weighted by Crippen LogP contribution is 2.49. The number of hydrogen-bond acceptors (Lipinski definition) is 8. The molecule has 0 aromatic heterocycles. The number of sulfonamides is 1. The second-order valence-electron chi connectivity index (χ2n) is 15.2. The number of ether oxygens (including phenoxy) is 2. The number of carbonyl (C=O) groups excluding carboxylic acids is 1. The SMILES string of the molecule is C[C@@H]1[C@@H](C)CCC[C@](O)(COCCN(C)C)[C@@H]2CC[C@H]2CN2C[C@@]3(CCCc4cc(Cl)ccc43)COc3ccc(cc32)C(=O)NS1(=O)=O. The third kappa shape index (κ3) is 7.24. The van der Waals surface area contributed by atoms with Crippen molar-refractivity contribution in [1.82, 2.24) is 9.62 Å². The van der Waals surface area contributed by atoms with Gasteiger partial charge in [-0.3, -0.25) is 4.79 Å². The minimum absolute atomic E-state index is 0.0359. The molecule has 2 N–H and O–H groups in total. The van der Waals surface area contributed by atoms with Gasteiger partial charge in [-0.1, -0.05) is 31.0 Å². The highest BCUT2D eigenvalue weighted by molar-refractivity contribution is 7.90. The van der Waals surface area contributed by atoms with Gasteiger partial charge in [-0.25, -0.2) is 13.1 Å². The van der Waals surface area contributed by atoms with Crippen LogP contribution in [-0.2, 0) is 26.6 Å². The fraction of sp³-hybridized carbons (Fsp3) is 0.649. The molecule has 9 nitrogen and oxygen atoms in total. The van der Waals surface area contributed by atoms with E-state index in [1.165, 1.54) is 11.1 Å². The molecule has 0 radical (unpaired) electrons. The van der Waals surface area contributed by atoms with Gasteiger partial charge in [0.25, 0.3) is 5.91 Å². The fourth-order valence-electron chi connectivity index (χ4n) is 8.45. The number of aryl methyl sites for hydroxylation is 1. The quantitative estimate of drug-likeness (QED) is 0.399. The molecule has 2 aliphatic heterocycles. The number of carbonyl (C=O) groups is 1. The zero-order chi connectivity index (χ0) is 34.3. The van der Waals surface area contributed by atoms with Gasteiger partial charge in [0.05, 0.1) is 36.4 Å². The Hall–Kier alpha value is -2.37. The number of anilines is 1. The van der Waals surface area contributed by atoms with E-state index >= 15 is 0 Å². The highest BCUT2D eigenvalue weighted by Gasteiger charge is 2.49. The van der Waals surface area contributed by atoms with Crippen LogP contribution in [0.15, 0.2) is 36.4 Å². The molecule has 11 heteroatoms.